The van der Waals surface area contributed by atoms with Gasteiger partial charge < -0.3 is 24.6 Å². The summed E-state index contributed by atoms with van der Waals surface area (Å²) >= 11 is 0. The van der Waals surface area contributed by atoms with Crippen LogP contribution in [0.2, 0.25) is 0 Å². The third kappa shape index (κ3) is 40.2. The van der Waals surface area contributed by atoms with Gasteiger partial charge in [0.25, 0.3) is 0 Å². The van der Waals surface area contributed by atoms with E-state index in [0.29, 0.717) is 12.8 Å². The average Bonchev–Trinajstić information content (AvgIpc) is 3.17. The molecule has 55 heavy (non-hydrogen) atoms. The monoisotopic (exact) mass is 801 g/mol. The number of phosphoric ester groups is 1. The molecule has 322 valence electrons. The third-order valence-electron chi connectivity index (χ3n) is 9.27. The normalized spacial score (nSPS) is 14.2. The number of carbonyl (C=O) groups is 2. The number of aliphatic hydroxyl groups is 2. The van der Waals surface area contributed by atoms with Crippen molar-refractivity contribution >= 4 is 19.8 Å². The van der Waals surface area contributed by atoms with Crippen LogP contribution in [0.4, 0.5) is 0 Å². The minimum atomic E-state index is -4.63. The number of unbranched alkanes of at least 4 members (excludes halogenated alkanes) is 21. The van der Waals surface area contributed by atoms with E-state index in [1.54, 1.807) is 0 Å². The zero-order chi connectivity index (χ0) is 40.5. The van der Waals surface area contributed by atoms with Crippen LogP contribution in [0, 0.1) is 0 Å². The molecule has 0 heterocycles. The summed E-state index contributed by atoms with van der Waals surface area (Å²) in [7, 11) is -4.63. The van der Waals surface area contributed by atoms with E-state index in [9.17, 15) is 24.2 Å². The third-order valence-corrected chi connectivity index (χ3v) is 10.2. The second kappa shape index (κ2) is 40.4. The lowest BCUT2D eigenvalue weighted by atomic mass is 10.1. The van der Waals surface area contributed by atoms with Gasteiger partial charge in [-0.25, -0.2) is 4.57 Å². The fourth-order valence-electron chi connectivity index (χ4n) is 5.85. The maximum Gasteiger partial charge on any atom is 0.472 e. The maximum absolute atomic E-state index is 12.6. The molecule has 0 rings (SSSR count). The Bertz CT molecular complexity index is 1010. The van der Waals surface area contributed by atoms with Gasteiger partial charge in [-0.2, -0.15) is 0 Å². The van der Waals surface area contributed by atoms with E-state index < -0.39 is 51.8 Å². The number of esters is 2. The van der Waals surface area contributed by atoms with Crippen LogP contribution in [0.3, 0.4) is 0 Å². The first-order chi connectivity index (χ1) is 26.7. The van der Waals surface area contributed by atoms with Crippen molar-refractivity contribution in [2.75, 3.05) is 26.4 Å². The first-order valence-electron chi connectivity index (χ1n) is 21.9. The van der Waals surface area contributed by atoms with Crippen molar-refractivity contribution in [3.8, 4) is 0 Å². The van der Waals surface area contributed by atoms with E-state index >= 15 is 0 Å². The van der Waals surface area contributed by atoms with Crippen LogP contribution in [-0.2, 0) is 32.7 Å². The number of rotatable bonds is 41. The number of ether oxygens (including phenoxy) is 2. The topological polar surface area (TPSA) is 149 Å². The number of phosphoric acid groups is 1. The van der Waals surface area contributed by atoms with Gasteiger partial charge in [0, 0.05) is 12.8 Å². The minimum absolute atomic E-state index is 0.146. The molecule has 1 unspecified atom stereocenters. The van der Waals surface area contributed by atoms with E-state index in [1.807, 2.05) is 0 Å². The van der Waals surface area contributed by atoms with Crippen molar-refractivity contribution in [3.63, 3.8) is 0 Å². The Morgan fingerprint density at radius 3 is 1.47 bits per heavy atom. The summed E-state index contributed by atoms with van der Waals surface area (Å²) in [5.41, 5.74) is 0. The predicted octanol–water partition coefficient (Wildman–Crippen LogP) is 11.6. The van der Waals surface area contributed by atoms with E-state index in [4.69, 9.17) is 19.1 Å². The zero-order valence-electron chi connectivity index (χ0n) is 34.9. The van der Waals surface area contributed by atoms with Crippen LogP contribution < -0.4 is 0 Å². The summed E-state index contributed by atoms with van der Waals surface area (Å²) in [4.78, 5) is 34.9. The van der Waals surface area contributed by atoms with E-state index in [1.165, 1.54) is 116 Å². The molecule has 0 aliphatic carbocycles. The van der Waals surface area contributed by atoms with Crippen molar-refractivity contribution in [1.29, 1.82) is 0 Å². The molecule has 3 atom stereocenters. The molecule has 0 saturated carbocycles. The molecule has 0 aliphatic heterocycles. The summed E-state index contributed by atoms with van der Waals surface area (Å²) in [6.45, 7) is 2.32. The lowest BCUT2D eigenvalue weighted by Crippen LogP contribution is -2.29. The summed E-state index contributed by atoms with van der Waals surface area (Å²) in [6, 6.07) is 0. The molecule has 0 saturated heterocycles. The Labute approximate surface area is 335 Å². The Balaban J connectivity index is 4.37. The van der Waals surface area contributed by atoms with Crippen LogP contribution in [0.1, 0.15) is 194 Å². The van der Waals surface area contributed by atoms with Crippen LogP contribution in [0.25, 0.3) is 0 Å². The SMILES string of the molecule is CCCCCCCCCCC/C=C/C/C=C/CCCC(=O)OC[C@H](COP(=O)(O)OC[C@@H](O)CO)OC(=O)CCCC/C=C/CCCCCCCCCCC. The number of carbonyl (C=O) groups excluding carboxylic acids is 2. The smallest absolute Gasteiger partial charge is 0.462 e. The molecule has 0 aliphatic rings. The van der Waals surface area contributed by atoms with Crippen molar-refractivity contribution < 1.29 is 47.8 Å². The van der Waals surface area contributed by atoms with Gasteiger partial charge in [-0.15, -0.1) is 0 Å². The number of aliphatic hydroxyl groups excluding tert-OH is 2. The Morgan fingerprint density at radius 2 is 0.964 bits per heavy atom. The maximum atomic E-state index is 12.6. The summed E-state index contributed by atoms with van der Waals surface area (Å²) in [6.07, 6.45) is 41.2. The van der Waals surface area contributed by atoms with Gasteiger partial charge in [-0.05, 0) is 64.2 Å². The van der Waals surface area contributed by atoms with Gasteiger partial charge in [0.1, 0.15) is 12.7 Å². The second-order valence-electron chi connectivity index (χ2n) is 14.7. The largest absolute Gasteiger partial charge is 0.472 e. The Morgan fingerprint density at radius 1 is 0.545 bits per heavy atom. The van der Waals surface area contributed by atoms with Crippen molar-refractivity contribution in [2.24, 2.45) is 0 Å². The Hall–Kier alpha value is -1.81. The number of allylic oxidation sites excluding steroid dienone is 6. The molecule has 0 aromatic carbocycles. The highest BCUT2D eigenvalue weighted by atomic mass is 31.2. The molecule has 0 fully saturated rings. The van der Waals surface area contributed by atoms with E-state index in [0.717, 1.165) is 38.5 Å². The lowest BCUT2D eigenvalue weighted by Gasteiger charge is -2.20. The molecule has 0 aromatic rings. The molecule has 0 radical (unpaired) electrons. The molecule has 11 heteroatoms. The molecule has 0 amide bonds. The highest BCUT2D eigenvalue weighted by Gasteiger charge is 2.27. The standard InChI is InChI=1S/C44H81O10P/c1-3-5-7-9-11-13-15-17-19-20-22-23-25-27-29-31-33-35-43(47)51-39-42(40-53-55(49,50)52-38-41(46)37-45)54-44(48)36-34-32-30-28-26-24-21-18-16-14-12-10-8-6-4-2/h22-23,26-29,41-42,45-46H,3-21,24-25,30-40H2,1-2H3,(H,49,50)/b23-22+,28-26+,29-27+/t41-,42+/m0/s1. The van der Waals surface area contributed by atoms with Crippen LogP contribution >= 0.6 is 7.82 Å². The van der Waals surface area contributed by atoms with Crippen molar-refractivity contribution in [1.82, 2.24) is 0 Å². The molecule has 0 bridgehead atoms. The zero-order valence-corrected chi connectivity index (χ0v) is 35.8. The molecule has 0 spiro atoms. The first-order valence-corrected chi connectivity index (χ1v) is 23.4. The predicted molar refractivity (Wildman–Crippen MR) is 224 cm³/mol. The fourth-order valence-corrected chi connectivity index (χ4v) is 6.64. The van der Waals surface area contributed by atoms with Gasteiger partial charge in [0.2, 0.25) is 0 Å². The quantitative estimate of drug-likeness (QED) is 0.0236. The second-order valence-corrected chi connectivity index (χ2v) is 16.2. The highest BCUT2D eigenvalue weighted by Crippen LogP contribution is 2.43. The molecular weight excluding hydrogens is 719 g/mol. The first kappa shape index (κ1) is 53.2. The minimum Gasteiger partial charge on any atom is -0.462 e. The van der Waals surface area contributed by atoms with E-state index in [2.05, 4.69) is 54.8 Å². The van der Waals surface area contributed by atoms with Crippen LogP contribution in [0.5, 0.6) is 0 Å². The molecular formula is C44H81O10P. The lowest BCUT2D eigenvalue weighted by molar-refractivity contribution is -0.161. The van der Waals surface area contributed by atoms with Gasteiger partial charge in [-0.1, -0.05) is 153 Å². The molecule has 0 aromatic heterocycles. The van der Waals surface area contributed by atoms with Gasteiger partial charge in [-0.3, -0.25) is 18.6 Å². The van der Waals surface area contributed by atoms with Crippen LogP contribution in [0.15, 0.2) is 36.5 Å². The molecule has 3 N–H and O–H groups in total. The van der Waals surface area contributed by atoms with E-state index in [-0.39, 0.29) is 19.4 Å². The molecule has 10 nitrogen and oxygen atoms in total. The Kier molecular flexibility index (Phi) is 39.1. The highest BCUT2D eigenvalue weighted by molar-refractivity contribution is 7.47. The van der Waals surface area contributed by atoms with Gasteiger partial charge in [0.05, 0.1) is 19.8 Å². The van der Waals surface area contributed by atoms with Crippen molar-refractivity contribution in [2.45, 2.75) is 206 Å². The fraction of sp³-hybridized carbons (Fsp3) is 0.818. The number of hydrogen-bond acceptors (Lipinski definition) is 9. The van der Waals surface area contributed by atoms with Gasteiger partial charge >= 0.3 is 19.8 Å². The van der Waals surface area contributed by atoms with Crippen molar-refractivity contribution in [3.05, 3.63) is 36.5 Å². The summed E-state index contributed by atoms with van der Waals surface area (Å²) in [5, 5.41) is 18.3. The van der Waals surface area contributed by atoms with Gasteiger partial charge in [0.15, 0.2) is 6.10 Å². The average molecular weight is 801 g/mol. The summed E-state index contributed by atoms with van der Waals surface area (Å²) in [5.74, 6) is -1.00. The number of hydrogen-bond donors (Lipinski definition) is 3. The summed E-state index contributed by atoms with van der Waals surface area (Å²) < 4.78 is 32.6. The van der Waals surface area contributed by atoms with Crippen LogP contribution in [-0.4, -0.2) is 65.7 Å².